The minimum absolute atomic E-state index is 0.662. The van der Waals surface area contributed by atoms with Crippen LogP contribution < -0.4 is 54.6 Å². The second-order valence-corrected chi connectivity index (χ2v) is 17.3. The van der Waals surface area contributed by atoms with Gasteiger partial charge in [-0.25, -0.2) is 15.0 Å². The molecule has 14 heteroatoms. The summed E-state index contributed by atoms with van der Waals surface area (Å²) in [6.45, 7) is 0. The fraction of sp³-hybridized carbons (Fsp3) is 0. The molecular weight excluding hydrogens is 723 g/mol. The van der Waals surface area contributed by atoms with E-state index >= 15 is 0 Å². The van der Waals surface area contributed by atoms with E-state index in [2.05, 4.69) is 182 Å². The molecule has 3 nitrogen and oxygen atoms in total. The van der Waals surface area contributed by atoms with Crippen LogP contribution in [0, 0.1) is 0 Å². The SMILES string of the molecule is Bc1c(B)c(B)c(-c2cc3c(sc4c(B)c(-c5nc(-c6ccc(-c7ccccc7)cc6)nc(-c6ccc(-c7ccccc7)cc6)n5)c(B)c(B)c43)c(B)c2B)c(B)c1B. The number of fused-ring (bicyclic) bond motifs is 3. The average Bonchev–Trinajstić information content (AvgIpc) is 3.67. The van der Waals surface area contributed by atoms with Crippen molar-refractivity contribution in [2.75, 3.05) is 0 Å². The van der Waals surface area contributed by atoms with Crippen LogP contribution in [0.15, 0.2) is 115 Å². The molecule has 270 valence electrons. The highest BCUT2D eigenvalue weighted by Crippen LogP contribution is 2.34. The summed E-state index contributed by atoms with van der Waals surface area (Å²) in [5.74, 6) is 2.03. The summed E-state index contributed by atoms with van der Waals surface area (Å²) in [5.41, 5.74) is 23.7. The fourth-order valence-corrected chi connectivity index (χ4v) is 10.4. The van der Waals surface area contributed by atoms with Crippen molar-refractivity contribution in [2.24, 2.45) is 0 Å². The van der Waals surface area contributed by atoms with E-state index < -0.39 is 0 Å². The van der Waals surface area contributed by atoms with Gasteiger partial charge in [0.25, 0.3) is 0 Å². The average molecular weight is 762 g/mol. The normalized spacial score (nSPS) is 11.4. The van der Waals surface area contributed by atoms with Crippen LogP contribution in [0.1, 0.15) is 0 Å². The first-order valence-corrected chi connectivity index (χ1v) is 21.4. The summed E-state index contributed by atoms with van der Waals surface area (Å²) >= 11 is 1.91. The molecule has 7 aromatic carbocycles. The maximum absolute atomic E-state index is 5.30. The van der Waals surface area contributed by atoms with Gasteiger partial charge in [-0.3, -0.25) is 0 Å². The molecule has 0 unspecified atom stereocenters. The molecule has 2 heterocycles. The Kier molecular flexibility index (Phi) is 10.0. The first-order chi connectivity index (χ1) is 28.4. The van der Waals surface area contributed by atoms with Crippen molar-refractivity contribution >= 4 is 165 Å². The molecule has 0 atom stereocenters. The quantitative estimate of drug-likeness (QED) is 0.160. The van der Waals surface area contributed by atoms with Crippen LogP contribution in [0.4, 0.5) is 0 Å². The third kappa shape index (κ3) is 6.57. The molecule has 9 aromatic rings. The molecule has 0 saturated heterocycles. The Morgan fingerprint density at radius 1 is 0.322 bits per heavy atom. The van der Waals surface area contributed by atoms with E-state index in [1.165, 1.54) is 97.1 Å². The van der Waals surface area contributed by atoms with Crippen LogP contribution in [-0.4, -0.2) is 93.4 Å². The molecule has 0 amide bonds. The Labute approximate surface area is 360 Å². The predicted octanol–water partition coefficient (Wildman–Crippen LogP) is -5.17. The molecule has 59 heavy (non-hydrogen) atoms. The monoisotopic (exact) mass is 763 g/mol. The van der Waals surface area contributed by atoms with E-state index in [9.17, 15) is 0 Å². The molecule has 0 N–H and O–H groups in total. The van der Waals surface area contributed by atoms with Gasteiger partial charge in [-0.05, 0) is 50.2 Å². The molecule has 0 aliphatic carbocycles. The maximum Gasteiger partial charge on any atom is 0.164 e. The fourth-order valence-electron chi connectivity index (χ4n) is 9.02. The lowest BCUT2D eigenvalue weighted by atomic mass is 9.58. The number of rotatable bonds is 6. The molecular formula is C45H39B10N3S. The first-order valence-electron chi connectivity index (χ1n) is 20.5. The van der Waals surface area contributed by atoms with Gasteiger partial charge in [0.2, 0.25) is 0 Å². The Bertz CT molecular complexity index is 3010. The van der Waals surface area contributed by atoms with E-state index in [4.69, 9.17) is 15.0 Å². The lowest BCUT2D eigenvalue weighted by Crippen LogP contribution is -2.55. The Balaban J connectivity index is 1.24. The third-order valence-electron chi connectivity index (χ3n) is 13.2. The van der Waals surface area contributed by atoms with Crippen molar-refractivity contribution < 1.29 is 0 Å². The van der Waals surface area contributed by atoms with Gasteiger partial charge >= 0.3 is 0 Å². The van der Waals surface area contributed by atoms with Crippen LogP contribution in [0.3, 0.4) is 0 Å². The summed E-state index contributed by atoms with van der Waals surface area (Å²) in [6.07, 6.45) is 0. The van der Waals surface area contributed by atoms with Crippen LogP contribution in [-0.2, 0) is 0 Å². The Morgan fingerprint density at radius 2 is 0.729 bits per heavy atom. The van der Waals surface area contributed by atoms with Gasteiger partial charge in [-0.1, -0.05) is 147 Å². The van der Waals surface area contributed by atoms with Gasteiger partial charge in [0, 0.05) is 26.1 Å². The molecule has 2 aromatic heterocycles. The summed E-state index contributed by atoms with van der Waals surface area (Å²) in [6, 6.07) is 40.6. The van der Waals surface area contributed by atoms with Crippen molar-refractivity contribution in [2.45, 2.75) is 0 Å². The zero-order valence-corrected chi connectivity index (χ0v) is 36.5. The predicted molar refractivity (Wildman–Crippen MR) is 287 cm³/mol. The minimum Gasteiger partial charge on any atom is -0.208 e. The molecule has 0 saturated carbocycles. The zero-order chi connectivity index (χ0) is 41.3. The van der Waals surface area contributed by atoms with Crippen molar-refractivity contribution in [1.82, 2.24) is 15.0 Å². The molecule has 0 radical (unpaired) electrons. The lowest BCUT2D eigenvalue weighted by Gasteiger charge is -2.23. The Morgan fingerprint density at radius 3 is 1.22 bits per heavy atom. The molecule has 0 aliphatic rings. The van der Waals surface area contributed by atoms with Crippen molar-refractivity contribution in [1.29, 1.82) is 0 Å². The zero-order valence-electron chi connectivity index (χ0n) is 35.7. The second kappa shape index (κ2) is 15.2. The molecule has 0 aliphatic heterocycles. The standard InChI is InChI=1S/C45H39B10N3S/c46-31-26(28-32(47)37(52)39(54)38(53)33(28)48)19-27-29-34(49)35(50)30(36(51)42(29)59-41(27)40(31)55)45-57-43(24-15-11-22(12-16-24)20-7-3-1-4-8-20)56-44(58-45)25-17-13-23(14-18-25)21-9-5-2-6-10-21/h1-19H,46-55H2. The summed E-state index contributed by atoms with van der Waals surface area (Å²) in [7, 11) is 22.8. The highest BCUT2D eigenvalue weighted by Gasteiger charge is 2.24. The van der Waals surface area contributed by atoms with Gasteiger partial charge in [0.05, 0.1) is 0 Å². The largest absolute Gasteiger partial charge is 0.208 e. The number of thiophene rings is 1. The van der Waals surface area contributed by atoms with Gasteiger partial charge in [-0.15, -0.1) is 27.7 Å². The van der Waals surface area contributed by atoms with Crippen LogP contribution >= 0.6 is 11.3 Å². The topological polar surface area (TPSA) is 38.7 Å². The molecule has 9 rings (SSSR count). The molecule has 0 spiro atoms. The first kappa shape index (κ1) is 38.9. The summed E-state index contributed by atoms with van der Waals surface area (Å²) in [4.78, 5) is 15.8. The van der Waals surface area contributed by atoms with E-state index in [0.29, 0.717) is 17.5 Å². The van der Waals surface area contributed by atoms with E-state index in [1.54, 1.807) is 0 Å². The van der Waals surface area contributed by atoms with Crippen molar-refractivity contribution in [3.05, 3.63) is 115 Å². The van der Waals surface area contributed by atoms with E-state index in [-0.39, 0.29) is 0 Å². The van der Waals surface area contributed by atoms with E-state index in [1.807, 2.05) is 23.5 Å². The van der Waals surface area contributed by atoms with Crippen molar-refractivity contribution in [3.63, 3.8) is 0 Å². The number of hydrogen-bond donors (Lipinski definition) is 0. The smallest absolute Gasteiger partial charge is 0.164 e. The summed E-state index contributed by atoms with van der Waals surface area (Å²) < 4.78 is 2.65. The second-order valence-electron chi connectivity index (χ2n) is 16.3. The van der Waals surface area contributed by atoms with Gasteiger partial charge < -0.3 is 0 Å². The van der Waals surface area contributed by atoms with Gasteiger partial charge in [-0.2, -0.15) is 0 Å². The number of benzene rings is 7. The van der Waals surface area contributed by atoms with Crippen LogP contribution in [0.5, 0.6) is 0 Å². The van der Waals surface area contributed by atoms with Gasteiger partial charge in [0.15, 0.2) is 17.5 Å². The highest BCUT2D eigenvalue weighted by atomic mass is 32.1. The highest BCUT2D eigenvalue weighted by molar-refractivity contribution is 7.28. The maximum atomic E-state index is 5.30. The number of nitrogens with zero attached hydrogens (tertiary/aromatic N) is 3. The third-order valence-corrected chi connectivity index (χ3v) is 14.6. The number of aromatic nitrogens is 3. The van der Waals surface area contributed by atoms with Crippen LogP contribution in [0.2, 0.25) is 0 Å². The lowest BCUT2D eigenvalue weighted by molar-refractivity contribution is 1.08. The molecule has 0 bridgehead atoms. The Hall–Kier alpha value is -5.58. The van der Waals surface area contributed by atoms with E-state index in [0.717, 1.165) is 27.8 Å². The molecule has 0 fully saturated rings. The van der Waals surface area contributed by atoms with Crippen molar-refractivity contribution in [3.8, 4) is 67.5 Å². The number of hydrogen-bond acceptors (Lipinski definition) is 4. The minimum atomic E-state index is 0.662. The van der Waals surface area contributed by atoms with Gasteiger partial charge in [0.1, 0.15) is 78.5 Å². The summed E-state index contributed by atoms with van der Waals surface area (Å²) in [5, 5.41) is 2.67. The van der Waals surface area contributed by atoms with Crippen LogP contribution in [0.25, 0.3) is 87.7 Å².